The van der Waals surface area contributed by atoms with Crippen LogP contribution in [0.2, 0.25) is 0 Å². The molecule has 0 N–H and O–H groups in total. The second kappa shape index (κ2) is 7.59. The number of pyridine rings is 1. The first-order valence-electron chi connectivity index (χ1n) is 9.15. The van der Waals surface area contributed by atoms with Crippen LogP contribution in [0.3, 0.4) is 0 Å². The van der Waals surface area contributed by atoms with Crippen molar-refractivity contribution in [3.05, 3.63) is 39.7 Å². The van der Waals surface area contributed by atoms with Crippen molar-refractivity contribution in [3.8, 4) is 0 Å². The lowest BCUT2D eigenvalue weighted by molar-refractivity contribution is -0.385. The van der Waals surface area contributed by atoms with Crippen molar-refractivity contribution in [2.24, 2.45) is 0 Å². The average molecular weight is 374 g/mol. The maximum atomic E-state index is 10.9. The van der Waals surface area contributed by atoms with Crippen molar-refractivity contribution >= 4 is 11.5 Å². The van der Waals surface area contributed by atoms with E-state index < -0.39 is 4.92 Å². The minimum atomic E-state index is -0.412. The lowest BCUT2D eigenvalue weighted by Gasteiger charge is -2.23. The van der Waals surface area contributed by atoms with Gasteiger partial charge in [-0.2, -0.15) is 4.98 Å². The highest BCUT2D eigenvalue weighted by Crippen LogP contribution is 2.23. The average Bonchev–Trinajstić information content (AvgIpc) is 2.95. The molecule has 2 aromatic heterocycles. The summed E-state index contributed by atoms with van der Waals surface area (Å²) in [5, 5.41) is 15.0. The van der Waals surface area contributed by atoms with Gasteiger partial charge in [-0.15, -0.1) is 0 Å². The zero-order valence-electron chi connectivity index (χ0n) is 16.3. The van der Waals surface area contributed by atoms with Gasteiger partial charge in [0.1, 0.15) is 12.0 Å². The summed E-state index contributed by atoms with van der Waals surface area (Å²) in [6.07, 6.45) is 2.31. The molecule has 2 aromatic rings. The summed E-state index contributed by atoms with van der Waals surface area (Å²) in [5.41, 5.74) is 0.699. The Balaban J connectivity index is 1.64. The van der Waals surface area contributed by atoms with E-state index in [1.165, 1.54) is 6.20 Å². The van der Waals surface area contributed by atoms with Crippen LogP contribution in [-0.2, 0) is 12.0 Å². The van der Waals surface area contributed by atoms with Crippen molar-refractivity contribution in [2.75, 3.05) is 31.1 Å². The van der Waals surface area contributed by atoms with E-state index in [2.05, 4.69) is 24.9 Å². The van der Waals surface area contributed by atoms with Gasteiger partial charge in [0.2, 0.25) is 5.89 Å². The number of nitro groups is 1. The largest absolute Gasteiger partial charge is 0.355 e. The lowest BCUT2D eigenvalue weighted by atomic mass is 9.97. The number of rotatable bonds is 4. The zero-order valence-corrected chi connectivity index (χ0v) is 16.3. The van der Waals surface area contributed by atoms with Gasteiger partial charge in [0.25, 0.3) is 5.69 Å². The predicted molar refractivity (Wildman–Crippen MR) is 101 cm³/mol. The molecule has 0 radical (unpaired) electrons. The number of hydrogen-bond donors (Lipinski definition) is 0. The van der Waals surface area contributed by atoms with E-state index in [0.717, 1.165) is 44.0 Å². The molecule has 0 unspecified atom stereocenters. The Labute approximate surface area is 158 Å². The van der Waals surface area contributed by atoms with Gasteiger partial charge >= 0.3 is 0 Å². The van der Waals surface area contributed by atoms with Crippen LogP contribution in [0.25, 0.3) is 0 Å². The lowest BCUT2D eigenvalue weighted by Crippen LogP contribution is -2.31. The predicted octanol–water partition coefficient (Wildman–Crippen LogP) is 2.69. The highest BCUT2D eigenvalue weighted by atomic mass is 16.6. The van der Waals surface area contributed by atoms with Gasteiger partial charge in [-0.3, -0.25) is 15.0 Å². The summed E-state index contributed by atoms with van der Waals surface area (Å²) in [7, 11) is 0. The van der Waals surface area contributed by atoms with E-state index >= 15 is 0 Å². The van der Waals surface area contributed by atoms with Crippen LogP contribution < -0.4 is 4.90 Å². The molecule has 1 saturated heterocycles. The first kappa shape index (κ1) is 19.2. The van der Waals surface area contributed by atoms with Crippen LogP contribution in [0.5, 0.6) is 0 Å². The van der Waals surface area contributed by atoms with Crippen LogP contribution in [0.4, 0.5) is 11.5 Å². The standard InChI is InChI=1S/C18H26N6O3/c1-13-10-14(24(25)26)11-19-16(13)23-7-5-6-22(8-9-23)12-15-20-17(27-21-15)18(2,3)4/h10-11H,5-9,12H2,1-4H3. The fourth-order valence-corrected chi connectivity index (χ4v) is 3.15. The highest BCUT2D eigenvalue weighted by Gasteiger charge is 2.24. The Morgan fingerprint density at radius 3 is 2.67 bits per heavy atom. The van der Waals surface area contributed by atoms with Crippen molar-refractivity contribution in [1.29, 1.82) is 0 Å². The molecule has 3 rings (SSSR count). The number of aromatic nitrogens is 3. The van der Waals surface area contributed by atoms with Crippen LogP contribution in [0.15, 0.2) is 16.8 Å². The van der Waals surface area contributed by atoms with Crippen molar-refractivity contribution in [2.45, 2.75) is 46.1 Å². The third-order valence-corrected chi connectivity index (χ3v) is 4.61. The van der Waals surface area contributed by atoms with Crippen LogP contribution in [-0.4, -0.2) is 51.1 Å². The summed E-state index contributed by atoms with van der Waals surface area (Å²) in [6.45, 7) is 12.1. The molecule has 0 spiro atoms. The zero-order chi connectivity index (χ0) is 19.6. The molecule has 1 fully saturated rings. The van der Waals surface area contributed by atoms with E-state index in [-0.39, 0.29) is 11.1 Å². The van der Waals surface area contributed by atoms with E-state index in [4.69, 9.17) is 4.52 Å². The smallest absolute Gasteiger partial charge is 0.287 e. The molecule has 0 aromatic carbocycles. The molecule has 0 amide bonds. The fourth-order valence-electron chi connectivity index (χ4n) is 3.15. The third kappa shape index (κ3) is 4.60. The van der Waals surface area contributed by atoms with Gasteiger partial charge < -0.3 is 9.42 Å². The summed E-state index contributed by atoms with van der Waals surface area (Å²) in [4.78, 5) is 23.8. The second-order valence-corrected chi connectivity index (χ2v) is 7.97. The summed E-state index contributed by atoms with van der Waals surface area (Å²) in [5.74, 6) is 2.18. The number of hydrogen-bond acceptors (Lipinski definition) is 8. The third-order valence-electron chi connectivity index (χ3n) is 4.61. The molecular formula is C18H26N6O3. The molecule has 0 atom stereocenters. The normalized spacial score (nSPS) is 16.4. The first-order chi connectivity index (χ1) is 12.7. The van der Waals surface area contributed by atoms with Gasteiger partial charge in [0, 0.05) is 37.7 Å². The Hall–Kier alpha value is -2.55. The molecule has 3 heterocycles. The number of aryl methyl sites for hydroxylation is 1. The minimum Gasteiger partial charge on any atom is -0.355 e. The Bertz CT molecular complexity index is 814. The summed E-state index contributed by atoms with van der Waals surface area (Å²) < 4.78 is 5.38. The minimum absolute atomic E-state index is 0.0273. The fraction of sp³-hybridized carbons (Fsp3) is 0.611. The second-order valence-electron chi connectivity index (χ2n) is 7.97. The van der Waals surface area contributed by atoms with Gasteiger partial charge in [0.15, 0.2) is 5.82 Å². The van der Waals surface area contributed by atoms with E-state index in [1.54, 1.807) is 6.07 Å². The monoisotopic (exact) mass is 374 g/mol. The molecule has 1 aliphatic heterocycles. The molecule has 0 saturated carbocycles. The number of nitrogens with zero attached hydrogens (tertiary/aromatic N) is 6. The van der Waals surface area contributed by atoms with Crippen molar-refractivity contribution in [1.82, 2.24) is 20.0 Å². The van der Waals surface area contributed by atoms with E-state index in [9.17, 15) is 10.1 Å². The van der Waals surface area contributed by atoms with Crippen LogP contribution in [0, 0.1) is 17.0 Å². The summed E-state index contributed by atoms with van der Waals surface area (Å²) >= 11 is 0. The molecule has 27 heavy (non-hydrogen) atoms. The van der Waals surface area contributed by atoms with Gasteiger partial charge in [-0.25, -0.2) is 4.98 Å². The number of anilines is 1. The topological polar surface area (TPSA) is 101 Å². The van der Waals surface area contributed by atoms with Gasteiger partial charge in [-0.1, -0.05) is 25.9 Å². The maximum Gasteiger partial charge on any atom is 0.287 e. The molecule has 1 aliphatic rings. The SMILES string of the molecule is Cc1cc([N+](=O)[O-])cnc1N1CCCN(Cc2noc(C(C)(C)C)n2)CC1. The van der Waals surface area contributed by atoms with Crippen LogP contribution >= 0.6 is 0 Å². The molecular weight excluding hydrogens is 348 g/mol. The van der Waals surface area contributed by atoms with E-state index in [0.29, 0.717) is 18.3 Å². The Morgan fingerprint density at radius 2 is 2.04 bits per heavy atom. The quantitative estimate of drug-likeness (QED) is 0.595. The maximum absolute atomic E-state index is 10.9. The van der Waals surface area contributed by atoms with Crippen LogP contribution in [0.1, 0.15) is 44.5 Å². The molecule has 9 heteroatoms. The van der Waals surface area contributed by atoms with Crippen molar-refractivity contribution in [3.63, 3.8) is 0 Å². The molecule has 9 nitrogen and oxygen atoms in total. The Morgan fingerprint density at radius 1 is 1.26 bits per heavy atom. The van der Waals surface area contributed by atoms with Gasteiger partial charge in [0.05, 0.1) is 11.5 Å². The molecule has 146 valence electrons. The molecule has 0 aliphatic carbocycles. The first-order valence-corrected chi connectivity index (χ1v) is 9.15. The Kier molecular flexibility index (Phi) is 5.41. The molecule has 0 bridgehead atoms. The summed E-state index contributed by atoms with van der Waals surface area (Å²) in [6, 6.07) is 1.58. The van der Waals surface area contributed by atoms with E-state index in [1.807, 2.05) is 27.7 Å². The highest BCUT2D eigenvalue weighted by molar-refractivity contribution is 5.50. The van der Waals surface area contributed by atoms with Crippen molar-refractivity contribution < 1.29 is 9.45 Å². The van der Waals surface area contributed by atoms with Gasteiger partial charge in [-0.05, 0) is 18.9 Å².